The van der Waals surface area contributed by atoms with E-state index in [-0.39, 0.29) is 28.8 Å². The van der Waals surface area contributed by atoms with Gasteiger partial charge in [-0.15, -0.1) is 64.9 Å². The van der Waals surface area contributed by atoms with E-state index in [0.29, 0.717) is 78.5 Å². The van der Waals surface area contributed by atoms with Gasteiger partial charge in [-0.2, -0.15) is 0 Å². The van der Waals surface area contributed by atoms with Crippen LogP contribution < -0.4 is 47.4 Å². The van der Waals surface area contributed by atoms with E-state index in [1.54, 1.807) is 96.7 Å². The number of rotatable bonds is 17. The number of halogens is 3. The first-order valence-electron chi connectivity index (χ1n) is 31.9. The van der Waals surface area contributed by atoms with Crippen molar-refractivity contribution in [2.24, 2.45) is 0 Å². The number of terminal acetylenes is 1. The van der Waals surface area contributed by atoms with Crippen LogP contribution in [0, 0.1) is 12.3 Å². The van der Waals surface area contributed by atoms with Crippen molar-refractivity contribution in [3.05, 3.63) is 252 Å². The summed E-state index contributed by atoms with van der Waals surface area (Å²) in [6.45, 7) is 10.1. The van der Waals surface area contributed by atoms with Gasteiger partial charge in [0.15, 0.2) is 0 Å². The van der Waals surface area contributed by atoms with Gasteiger partial charge in [-0.1, -0.05) is 61.5 Å². The Hall–Kier alpha value is -10.9. The van der Waals surface area contributed by atoms with Crippen LogP contribution in [0.4, 0.5) is 22.7 Å². The van der Waals surface area contributed by atoms with E-state index in [4.69, 9.17) is 27.9 Å². The smallest absolute Gasteiger partial charge is 0.275 e. The van der Waals surface area contributed by atoms with E-state index in [1.165, 1.54) is 54.5 Å². The Morgan fingerprint density at radius 3 is 1.27 bits per heavy atom. The molecule has 520 valence electrons. The summed E-state index contributed by atoms with van der Waals surface area (Å²) in [5.74, 6) is 3.37. The maximum atomic E-state index is 13.0. The van der Waals surface area contributed by atoms with Crippen LogP contribution in [0.15, 0.2) is 225 Å². The topological polar surface area (TPSA) is 251 Å². The molecule has 0 amide bonds. The summed E-state index contributed by atoms with van der Waals surface area (Å²) in [5.41, 5.74) is 8.90. The molecule has 0 saturated heterocycles. The van der Waals surface area contributed by atoms with Gasteiger partial charge in [-0.25, -0.2) is 39.9 Å². The highest BCUT2D eigenvalue weighted by Crippen LogP contribution is 2.39. The summed E-state index contributed by atoms with van der Waals surface area (Å²) in [7, 11) is 5.51. The van der Waals surface area contributed by atoms with E-state index in [0.717, 1.165) is 101 Å². The molecule has 3 N–H and O–H groups in total. The lowest BCUT2D eigenvalue weighted by atomic mass is 10.2. The van der Waals surface area contributed by atoms with Crippen LogP contribution in [0.5, 0.6) is 5.75 Å². The Balaban J connectivity index is 0.000000123. The van der Waals surface area contributed by atoms with Gasteiger partial charge in [0.2, 0.25) is 0 Å². The lowest BCUT2D eigenvalue weighted by Gasteiger charge is -2.17. The number of hydrogen-bond donors (Lipinski definition) is 3. The molecule has 0 radical (unpaired) electrons. The number of aliphatic hydroxyl groups excluding tert-OH is 1. The number of benzene rings is 4. The highest BCUT2D eigenvalue weighted by Gasteiger charge is 2.22. The molecule has 0 aliphatic rings. The summed E-state index contributed by atoms with van der Waals surface area (Å²) in [6.07, 6.45) is 22.9. The molecule has 12 aromatic heterocycles. The second kappa shape index (κ2) is 31.8. The molecule has 12 heterocycles. The summed E-state index contributed by atoms with van der Waals surface area (Å²) in [6, 6.07) is 37.0. The minimum atomic E-state index is -0.113. The number of ether oxygens (including phenoxy) is 1. The first-order chi connectivity index (χ1) is 50.6. The quantitative estimate of drug-likeness (QED) is 0.0435. The zero-order valence-electron chi connectivity index (χ0n) is 55.6. The van der Waals surface area contributed by atoms with E-state index in [9.17, 15) is 19.2 Å². The third kappa shape index (κ3) is 14.5. The largest absolute Gasteiger partial charge is 0.497 e. The summed E-state index contributed by atoms with van der Waals surface area (Å²) in [4.78, 5) is 95.2. The van der Waals surface area contributed by atoms with Crippen LogP contribution in [0.2, 0.25) is 5.02 Å². The van der Waals surface area contributed by atoms with E-state index < -0.39 is 0 Å². The number of nitrogens with zero attached hydrogens (tertiary/aromatic N) is 14. The van der Waals surface area contributed by atoms with Crippen molar-refractivity contribution in [2.75, 3.05) is 74.4 Å². The van der Waals surface area contributed by atoms with Crippen molar-refractivity contribution in [3.8, 4) is 40.8 Å². The molecule has 0 atom stereocenters. The standard InChI is InChI=1S/C19H13BrN4OS.C19H15ClN4OS.C19H16N4O2S.C18H15BrN4O2S/c2*1-3-10-23(2)14-8-9-21-18-15(14)16-17(26-18)19(25)24(11-22-16)13-6-4-12(20)5-7-13;1-3-9-20-14-8-10-21-18-15(14)16-17(26-18)19(24)23(11-22-16)12-4-6-13(25-2)7-5-12;19-11-2-4-12(5-3-11)23-10-22-15-14-13(20-7-1-9-24)6-8-21-17(14)26-16(15)18(23)25/h1,4-9,11H,10H2,2H3;3-9,11H,1,10H2,2H3;3-8,10-11H,1,9H2,2H3,(H,20,21);2-6,8,10,24H,1,7,9H2,(H,20,21). The van der Waals surface area contributed by atoms with Crippen molar-refractivity contribution in [1.82, 2.24) is 58.1 Å². The molecule has 0 saturated carbocycles. The summed E-state index contributed by atoms with van der Waals surface area (Å²) in [5, 5.41) is 19.7. The molecular formula is C75H59Br2ClN16O6S4. The number of anilines is 4. The molecule has 0 bridgehead atoms. The normalized spacial score (nSPS) is 11.1. The fourth-order valence-corrected chi connectivity index (χ4v) is 16.2. The van der Waals surface area contributed by atoms with Crippen LogP contribution >= 0.6 is 88.8 Å². The van der Waals surface area contributed by atoms with Gasteiger partial charge in [0.05, 0.1) is 80.4 Å². The summed E-state index contributed by atoms with van der Waals surface area (Å²) >= 11 is 18.2. The number of pyridine rings is 4. The highest BCUT2D eigenvalue weighted by molar-refractivity contribution is 9.10. The Morgan fingerprint density at radius 2 is 0.885 bits per heavy atom. The molecule has 16 aromatic rings. The first kappa shape index (κ1) is 71.5. The Labute approximate surface area is 630 Å². The van der Waals surface area contributed by atoms with Gasteiger partial charge in [-0.3, -0.25) is 37.4 Å². The van der Waals surface area contributed by atoms with Gasteiger partial charge in [0.1, 0.15) is 80.2 Å². The monoisotopic (exact) mass is 1600 g/mol. The van der Waals surface area contributed by atoms with Crippen LogP contribution in [0.3, 0.4) is 0 Å². The Kier molecular flexibility index (Phi) is 21.9. The van der Waals surface area contributed by atoms with E-state index >= 15 is 0 Å². The number of hydrogen-bond acceptors (Lipinski definition) is 22. The zero-order valence-corrected chi connectivity index (χ0v) is 62.8. The van der Waals surface area contributed by atoms with Gasteiger partial charge in [-0.05, 0) is 128 Å². The van der Waals surface area contributed by atoms with Gasteiger partial charge in [0.25, 0.3) is 22.2 Å². The van der Waals surface area contributed by atoms with Gasteiger partial charge in [0, 0.05) is 90.5 Å². The lowest BCUT2D eigenvalue weighted by molar-refractivity contribution is 0.292. The molecule has 0 spiro atoms. The average Bonchev–Trinajstić information content (AvgIpc) is 1.61. The SMILES string of the molecule is C#CCN(C)c1ccnc2sc3c(=O)n(-c4ccc(Br)cc4)cnc3c12.C=CCN(C)c1ccnc2sc3c(=O)n(-c4ccc(Cl)cc4)cnc3c12.C=CCNc1ccnc2sc3c(=O)n(-c4ccc(OC)cc4)cnc3c12.O=c1c2sc3nccc(NCCCO)c3c2ncn1-c1ccc(Br)cc1. The second-order valence-corrected chi connectivity index (χ2v) is 29.2. The number of methoxy groups -OCH3 is 1. The number of aromatic nitrogens is 12. The van der Waals surface area contributed by atoms with E-state index in [1.807, 2.05) is 122 Å². The highest BCUT2D eigenvalue weighted by atomic mass is 79.9. The number of aliphatic hydroxyl groups is 1. The van der Waals surface area contributed by atoms with Crippen molar-refractivity contribution in [3.63, 3.8) is 0 Å². The van der Waals surface area contributed by atoms with Gasteiger partial charge < -0.3 is 30.3 Å². The third-order valence-electron chi connectivity index (χ3n) is 16.4. The van der Waals surface area contributed by atoms with Crippen molar-refractivity contribution in [1.29, 1.82) is 0 Å². The Morgan fingerprint density at radius 1 is 0.519 bits per heavy atom. The lowest BCUT2D eigenvalue weighted by Crippen LogP contribution is -2.18. The maximum Gasteiger partial charge on any atom is 0.275 e. The minimum absolute atomic E-state index is 0.106. The first-order valence-corrected chi connectivity index (χ1v) is 37.1. The molecule has 16 rings (SSSR count). The fourth-order valence-electron chi connectivity index (χ4n) is 11.4. The number of nitrogens with one attached hydrogen (secondary N) is 2. The van der Waals surface area contributed by atoms with Crippen molar-refractivity contribution in [2.45, 2.75) is 6.42 Å². The fraction of sp³-hybridized carbons (Fsp3) is 0.120. The Bertz CT molecular complexity index is 6210. The van der Waals surface area contributed by atoms with Crippen LogP contribution in [0.25, 0.3) is 104 Å². The average molecular weight is 1600 g/mol. The van der Waals surface area contributed by atoms with Crippen molar-refractivity contribution >= 4 is 193 Å². The molecule has 29 heteroatoms. The molecule has 4 aromatic carbocycles. The number of likely N-dealkylation sites (N-methyl/N-ethyl adjacent to an activating group) is 1. The predicted octanol–water partition coefficient (Wildman–Crippen LogP) is 15.3. The third-order valence-corrected chi connectivity index (χ3v) is 22.0. The van der Waals surface area contributed by atoms with E-state index in [2.05, 4.69) is 106 Å². The molecule has 0 aliphatic carbocycles. The number of thiophene rings is 4. The predicted molar refractivity (Wildman–Crippen MR) is 433 cm³/mol. The van der Waals surface area contributed by atoms with Crippen molar-refractivity contribution < 1.29 is 9.84 Å². The number of fused-ring (bicyclic) bond motifs is 12. The summed E-state index contributed by atoms with van der Waals surface area (Å²) < 4.78 is 15.6. The molecule has 0 fully saturated rings. The van der Waals surface area contributed by atoms with Crippen LogP contribution in [-0.4, -0.2) is 117 Å². The maximum absolute atomic E-state index is 13.0. The molecule has 104 heavy (non-hydrogen) atoms. The zero-order chi connectivity index (χ0) is 72.7. The molecular weight excluding hydrogens is 1540 g/mol. The minimum Gasteiger partial charge on any atom is -0.497 e. The molecule has 0 aliphatic heterocycles. The molecule has 22 nitrogen and oxygen atoms in total. The molecule has 0 unspecified atom stereocenters. The van der Waals surface area contributed by atoms with Crippen LogP contribution in [0.1, 0.15) is 6.42 Å². The second-order valence-electron chi connectivity index (χ2n) is 22.9. The van der Waals surface area contributed by atoms with Crippen LogP contribution in [-0.2, 0) is 0 Å². The van der Waals surface area contributed by atoms with Gasteiger partial charge >= 0.3 is 0 Å².